The molecule has 0 aliphatic heterocycles. The minimum absolute atomic E-state index is 0.0829. The molecule has 0 heterocycles. The molecule has 2 N–H and O–H groups in total. The maximum absolute atomic E-state index is 11.8. The van der Waals surface area contributed by atoms with Crippen LogP contribution in [0.15, 0.2) is 24.3 Å². The lowest BCUT2D eigenvalue weighted by molar-refractivity contribution is -0.133. The smallest absolute Gasteiger partial charge is 0.313 e. The van der Waals surface area contributed by atoms with Crippen LogP contribution in [-0.2, 0) is 16.1 Å². The van der Waals surface area contributed by atoms with Gasteiger partial charge in [-0.25, -0.2) is 0 Å². The molecular weight excluding hydrogens is 292 g/mol. The number of amides is 2. The Bertz CT molecular complexity index is 516. The van der Waals surface area contributed by atoms with Crippen molar-refractivity contribution >= 4 is 29.5 Å². The first-order chi connectivity index (χ1) is 9.93. The van der Waals surface area contributed by atoms with Crippen LogP contribution in [-0.4, -0.2) is 53.4 Å². The molecule has 0 atom stereocenters. The molecule has 1 aromatic rings. The first-order valence-corrected chi connectivity index (χ1v) is 7.44. The maximum Gasteiger partial charge on any atom is 0.313 e. The zero-order chi connectivity index (χ0) is 15.8. The fourth-order valence-electron chi connectivity index (χ4n) is 1.60. The number of nitrogens with zero attached hydrogens (tertiary/aromatic N) is 1. The Labute approximate surface area is 127 Å². The third-order valence-corrected chi connectivity index (χ3v) is 3.64. The van der Waals surface area contributed by atoms with Crippen LogP contribution in [0.5, 0.6) is 0 Å². The van der Waals surface area contributed by atoms with Crippen molar-refractivity contribution in [3.8, 4) is 0 Å². The highest BCUT2D eigenvalue weighted by atomic mass is 32.2. The van der Waals surface area contributed by atoms with Crippen LogP contribution in [0.25, 0.3) is 0 Å². The van der Waals surface area contributed by atoms with E-state index in [0.29, 0.717) is 12.1 Å². The number of aliphatic carboxylic acids is 1. The molecule has 0 fully saturated rings. The third-order valence-electron chi connectivity index (χ3n) is 2.74. The van der Waals surface area contributed by atoms with Gasteiger partial charge in [-0.15, -0.1) is 11.8 Å². The summed E-state index contributed by atoms with van der Waals surface area (Å²) in [5.74, 6) is -1.16. The maximum atomic E-state index is 11.8. The van der Waals surface area contributed by atoms with Gasteiger partial charge in [0.25, 0.3) is 5.91 Å². The second kappa shape index (κ2) is 8.31. The van der Waals surface area contributed by atoms with Crippen LogP contribution in [0.2, 0.25) is 0 Å². The van der Waals surface area contributed by atoms with Crippen molar-refractivity contribution in [2.24, 2.45) is 0 Å². The molecule has 0 aromatic heterocycles. The van der Waals surface area contributed by atoms with Gasteiger partial charge >= 0.3 is 5.97 Å². The van der Waals surface area contributed by atoms with Gasteiger partial charge < -0.3 is 15.3 Å². The van der Waals surface area contributed by atoms with Gasteiger partial charge in [0.2, 0.25) is 5.91 Å². The average Bonchev–Trinajstić information content (AvgIpc) is 2.46. The van der Waals surface area contributed by atoms with Crippen molar-refractivity contribution < 1.29 is 19.5 Å². The van der Waals surface area contributed by atoms with Crippen LogP contribution in [0, 0.1) is 0 Å². The Morgan fingerprint density at radius 1 is 1.19 bits per heavy atom. The Balaban J connectivity index is 2.50. The zero-order valence-electron chi connectivity index (χ0n) is 12.0. The lowest BCUT2D eigenvalue weighted by Gasteiger charge is -2.17. The molecule has 6 nitrogen and oxygen atoms in total. The summed E-state index contributed by atoms with van der Waals surface area (Å²) in [6.07, 6.45) is 0. The van der Waals surface area contributed by atoms with Gasteiger partial charge in [-0.1, -0.05) is 12.1 Å². The molecule has 0 unspecified atom stereocenters. The number of hydrogen-bond donors (Lipinski definition) is 2. The predicted octanol–water partition coefficient (Wildman–Crippen LogP) is 0.822. The summed E-state index contributed by atoms with van der Waals surface area (Å²) in [5.41, 5.74) is 1.47. The van der Waals surface area contributed by atoms with Gasteiger partial charge in [-0.2, -0.15) is 0 Å². The second-order valence-corrected chi connectivity index (χ2v) is 5.40. The molecule has 0 aliphatic carbocycles. The normalized spacial score (nSPS) is 10.0. The number of carboxylic acid groups (broad SMARTS) is 1. The molecule has 0 saturated carbocycles. The van der Waals surface area contributed by atoms with E-state index in [0.717, 1.165) is 17.3 Å². The molecule has 2 amide bonds. The fourth-order valence-corrected chi connectivity index (χ4v) is 2.28. The molecule has 1 rings (SSSR count). The van der Waals surface area contributed by atoms with Gasteiger partial charge in [0.05, 0.1) is 11.5 Å². The van der Waals surface area contributed by atoms with Crippen molar-refractivity contribution in [1.29, 1.82) is 0 Å². The van der Waals surface area contributed by atoms with Crippen LogP contribution >= 0.6 is 11.8 Å². The fraction of sp³-hybridized carbons (Fsp3) is 0.357. The van der Waals surface area contributed by atoms with E-state index in [4.69, 9.17) is 5.11 Å². The topological polar surface area (TPSA) is 86.7 Å². The number of thioether (sulfide) groups is 1. The average molecular weight is 310 g/mol. The van der Waals surface area contributed by atoms with Crippen LogP contribution in [0.4, 0.5) is 0 Å². The zero-order valence-corrected chi connectivity index (χ0v) is 12.8. The minimum atomic E-state index is -0.930. The summed E-state index contributed by atoms with van der Waals surface area (Å²) >= 11 is 1.07. The van der Waals surface area contributed by atoms with E-state index in [1.54, 1.807) is 38.4 Å². The molecule has 0 spiro atoms. The molecule has 21 heavy (non-hydrogen) atoms. The first kappa shape index (κ1) is 17.0. The van der Waals surface area contributed by atoms with Crippen LogP contribution in [0.3, 0.4) is 0 Å². The van der Waals surface area contributed by atoms with Gasteiger partial charge in [-0.3, -0.25) is 14.4 Å². The number of hydrogen-bond acceptors (Lipinski definition) is 4. The van der Waals surface area contributed by atoms with Crippen LogP contribution in [0.1, 0.15) is 15.9 Å². The van der Waals surface area contributed by atoms with E-state index in [-0.39, 0.29) is 23.3 Å². The Morgan fingerprint density at radius 3 is 2.33 bits per heavy atom. The van der Waals surface area contributed by atoms with E-state index >= 15 is 0 Å². The number of carbonyl (C=O) groups excluding carboxylic acids is 2. The Hall–Kier alpha value is -2.02. The highest BCUT2D eigenvalue weighted by Gasteiger charge is 2.11. The third kappa shape index (κ3) is 5.86. The number of rotatable bonds is 7. The highest BCUT2D eigenvalue weighted by Crippen LogP contribution is 2.09. The molecular formula is C14H18N2O4S. The molecule has 0 bridgehead atoms. The summed E-state index contributed by atoms with van der Waals surface area (Å²) in [4.78, 5) is 35.1. The van der Waals surface area contributed by atoms with E-state index in [1.807, 2.05) is 0 Å². The van der Waals surface area contributed by atoms with Crippen LogP contribution < -0.4 is 5.32 Å². The number of nitrogens with one attached hydrogen (secondary N) is 1. The Morgan fingerprint density at radius 2 is 1.81 bits per heavy atom. The Kier molecular flexibility index (Phi) is 6.74. The first-order valence-electron chi connectivity index (χ1n) is 6.28. The van der Waals surface area contributed by atoms with Crippen molar-refractivity contribution in [2.75, 3.05) is 25.6 Å². The summed E-state index contributed by atoms with van der Waals surface area (Å²) in [7, 11) is 3.23. The van der Waals surface area contributed by atoms with Gasteiger partial charge in [0.1, 0.15) is 0 Å². The van der Waals surface area contributed by atoms with Gasteiger partial charge in [-0.05, 0) is 17.7 Å². The summed E-state index contributed by atoms with van der Waals surface area (Å²) in [6.45, 7) is 0.417. The predicted molar refractivity (Wildman–Crippen MR) is 81.3 cm³/mol. The van der Waals surface area contributed by atoms with Crippen molar-refractivity contribution in [3.63, 3.8) is 0 Å². The molecule has 0 radical (unpaired) electrons. The number of benzene rings is 1. The van der Waals surface area contributed by atoms with Crippen molar-refractivity contribution in [2.45, 2.75) is 6.54 Å². The molecule has 0 saturated heterocycles. The second-order valence-electron chi connectivity index (χ2n) is 4.41. The molecule has 7 heteroatoms. The molecule has 114 valence electrons. The van der Waals surface area contributed by atoms with Gasteiger partial charge in [0.15, 0.2) is 0 Å². The van der Waals surface area contributed by atoms with E-state index < -0.39 is 5.97 Å². The number of carboxylic acids is 1. The quantitative estimate of drug-likeness (QED) is 0.779. The van der Waals surface area contributed by atoms with E-state index in [2.05, 4.69) is 5.32 Å². The lowest BCUT2D eigenvalue weighted by atomic mass is 10.1. The highest BCUT2D eigenvalue weighted by molar-refractivity contribution is 8.00. The van der Waals surface area contributed by atoms with E-state index in [9.17, 15) is 14.4 Å². The summed E-state index contributed by atoms with van der Waals surface area (Å²) < 4.78 is 0. The summed E-state index contributed by atoms with van der Waals surface area (Å²) in [5, 5.41) is 11.1. The van der Waals surface area contributed by atoms with Crippen molar-refractivity contribution in [1.82, 2.24) is 10.2 Å². The summed E-state index contributed by atoms with van der Waals surface area (Å²) in [6, 6.07) is 6.98. The lowest BCUT2D eigenvalue weighted by Crippen LogP contribution is -2.28. The minimum Gasteiger partial charge on any atom is -0.481 e. The van der Waals surface area contributed by atoms with Crippen molar-refractivity contribution in [3.05, 3.63) is 35.4 Å². The standard InChI is InChI=1S/C14H18N2O4S/c1-15-14(20)11-5-3-10(4-6-11)7-16(2)12(17)8-21-9-13(18)19/h3-6H,7-9H2,1-2H3,(H,15,20)(H,18,19). The van der Waals surface area contributed by atoms with E-state index in [1.165, 1.54) is 4.90 Å². The number of carbonyl (C=O) groups is 3. The monoisotopic (exact) mass is 310 g/mol. The molecule has 0 aliphatic rings. The molecule has 1 aromatic carbocycles. The van der Waals surface area contributed by atoms with Gasteiger partial charge in [0, 0.05) is 26.2 Å². The SMILES string of the molecule is CNC(=O)c1ccc(CN(C)C(=O)CSCC(=O)O)cc1. The largest absolute Gasteiger partial charge is 0.481 e.